The molecular formula is C13H16FN3. The van der Waals surface area contributed by atoms with Gasteiger partial charge >= 0.3 is 0 Å². The van der Waals surface area contributed by atoms with Crippen molar-refractivity contribution in [3.63, 3.8) is 0 Å². The number of hydrogen-bond donors (Lipinski definition) is 2. The second kappa shape index (κ2) is 4.57. The smallest absolute Gasteiger partial charge is 0.151 e. The molecule has 0 saturated heterocycles. The van der Waals surface area contributed by atoms with Crippen LogP contribution in [-0.4, -0.2) is 16.2 Å². The van der Waals surface area contributed by atoms with Crippen LogP contribution in [0.4, 0.5) is 10.2 Å². The van der Waals surface area contributed by atoms with E-state index >= 15 is 0 Å². The van der Waals surface area contributed by atoms with E-state index in [9.17, 15) is 4.39 Å². The molecule has 90 valence electrons. The quantitative estimate of drug-likeness (QED) is 0.853. The molecular weight excluding hydrogens is 217 g/mol. The zero-order chi connectivity index (χ0) is 12.4. The minimum absolute atomic E-state index is 0.230. The number of aromatic nitrogens is 2. The van der Waals surface area contributed by atoms with Crippen LogP contribution < -0.4 is 5.32 Å². The van der Waals surface area contributed by atoms with Crippen LogP contribution in [0, 0.1) is 12.7 Å². The fourth-order valence-corrected chi connectivity index (χ4v) is 1.71. The van der Waals surface area contributed by atoms with E-state index in [0.717, 1.165) is 22.6 Å². The first kappa shape index (κ1) is 11.6. The third-order valence-corrected chi connectivity index (χ3v) is 2.57. The third kappa shape index (κ3) is 2.46. The molecule has 0 spiro atoms. The van der Waals surface area contributed by atoms with Crippen molar-refractivity contribution >= 4 is 5.82 Å². The highest BCUT2D eigenvalue weighted by Gasteiger charge is 2.11. The van der Waals surface area contributed by atoms with Crippen LogP contribution in [-0.2, 0) is 0 Å². The normalized spacial score (nSPS) is 10.9. The minimum atomic E-state index is -0.230. The Hall–Kier alpha value is -1.84. The molecule has 2 N–H and O–H groups in total. The summed E-state index contributed by atoms with van der Waals surface area (Å²) in [7, 11) is 0. The van der Waals surface area contributed by atoms with Crippen molar-refractivity contribution in [2.45, 2.75) is 26.8 Å². The van der Waals surface area contributed by atoms with Crippen LogP contribution in [0.5, 0.6) is 0 Å². The number of nitrogens with one attached hydrogen (secondary N) is 2. The summed E-state index contributed by atoms with van der Waals surface area (Å²) in [5.41, 5.74) is 2.91. The Balaban J connectivity index is 2.33. The predicted octanol–water partition coefficient (Wildman–Crippen LogP) is 3.34. The summed E-state index contributed by atoms with van der Waals surface area (Å²) in [6, 6.07) is 6.72. The average molecular weight is 233 g/mol. The highest BCUT2D eigenvalue weighted by molar-refractivity contribution is 5.68. The van der Waals surface area contributed by atoms with E-state index in [2.05, 4.69) is 29.4 Å². The molecule has 0 aliphatic carbocycles. The molecule has 3 nitrogen and oxygen atoms in total. The maximum atomic E-state index is 12.8. The van der Waals surface area contributed by atoms with Crippen LogP contribution >= 0.6 is 0 Å². The Kier molecular flexibility index (Phi) is 3.13. The highest BCUT2D eigenvalue weighted by atomic mass is 19.1. The Bertz CT molecular complexity index is 500. The zero-order valence-electron chi connectivity index (χ0n) is 10.2. The van der Waals surface area contributed by atoms with E-state index < -0.39 is 0 Å². The number of aromatic amines is 1. The van der Waals surface area contributed by atoms with Gasteiger partial charge in [-0.3, -0.25) is 5.10 Å². The van der Waals surface area contributed by atoms with Gasteiger partial charge < -0.3 is 5.32 Å². The van der Waals surface area contributed by atoms with Crippen molar-refractivity contribution in [1.82, 2.24) is 10.2 Å². The summed E-state index contributed by atoms with van der Waals surface area (Å²) in [4.78, 5) is 0. The lowest BCUT2D eigenvalue weighted by Crippen LogP contribution is -2.10. The molecule has 1 aromatic heterocycles. The second-order valence-corrected chi connectivity index (χ2v) is 4.38. The topological polar surface area (TPSA) is 40.7 Å². The van der Waals surface area contributed by atoms with Crippen molar-refractivity contribution in [2.75, 3.05) is 5.32 Å². The van der Waals surface area contributed by atoms with E-state index in [1.807, 2.05) is 6.92 Å². The average Bonchev–Trinajstić information content (AvgIpc) is 2.61. The molecule has 1 aromatic carbocycles. The maximum Gasteiger partial charge on any atom is 0.151 e. The first-order valence-electron chi connectivity index (χ1n) is 5.65. The molecule has 1 heterocycles. The molecule has 0 aliphatic heterocycles. The lowest BCUT2D eigenvalue weighted by atomic mass is 10.1. The highest BCUT2D eigenvalue weighted by Crippen LogP contribution is 2.26. The summed E-state index contributed by atoms with van der Waals surface area (Å²) in [5.74, 6) is 0.616. The van der Waals surface area contributed by atoms with Gasteiger partial charge in [-0.15, -0.1) is 0 Å². The van der Waals surface area contributed by atoms with Crippen LogP contribution in [0.3, 0.4) is 0 Å². The number of anilines is 1. The Morgan fingerprint density at radius 2 is 1.88 bits per heavy atom. The van der Waals surface area contributed by atoms with E-state index in [1.165, 1.54) is 12.1 Å². The number of rotatable bonds is 3. The zero-order valence-corrected chi connectivity index (χ0v) is 10.2. The summed E-state index contributed by atoms with van der Waals surface area (Å²) in [5, 5.41) is 10.5. The Labute approximate surface area is 100 Å². The van der Waals surface area contributed by atoms with Crippen molar-refractivity contribution in [1.29, 1.82) is 0 Å². The van der Waals surface area contributed by atoms with Gasteiger partial charge in [-0.1, -0.05) is 0 Å². The van der Waals surface area contributed by atoms with E-state index in [1.54, 1.807) is 12.1 Å². The summed E-state index contributed by atoms with van der Waals surface area (Å²) < 4.78 is 12.8. The van der Waals surface area contributed by atoms with E-state index in [-0.39, 0.29) is 5.82 Å². The number of H-pyrrole nitrogens is 1. The first-order chi connectivity index (χ1) is 8.08. The SMILES string of the molecule is Cc1c(NC(C)C)n[nH]c1-c1ccc(F)cc1. The van der Waals surface area contributed by atoms with E-state index in [0.29, 0.717) is 6.04 Å². The molecule has 0 amide bonds. The van der Waals surface area contributed by atoms with Gasteiger partial charge in [0.1, 0.15) is 5.82 Å². The molecule has 2 aromatic rings. The first-order valence-corrected chi connectivity index (χ1v) is 5.65. The molecule has 0 atom stereocenters. The number of halogens is 1. The van der Waals surface area contributed by atoms with Crippen molar-refractivity contribution < 1.29 is 4.39 Å². The van der Waals surface area contributed by atoms with E-state index in [4.69, 9.17) is 0 Å². The largest absolute Gasteiger partial charge is 0.366 e. The minimum Gasteiger partial charge on any atom is -0.366 e. The van der Waals surface area contributed by atoms with Gasteiger partial charge in [-0.25, -0.2) is 4.39 Å². The molecule has 0 aliphatic rings. The van der Waals surface area contributed by atoms with Gasteiger partial charge in [0.15, 0.2) is 5.82 Å². The molecule has 0 fully saturated rings. The monoisotopic (exact) mass is 233 g/mol. The molecule has 0 bridgehead atoms. The molecule has 17 heavy (non-hydrogen) atoms. The standard InChI is InChI=1S/C13H16FN3/c1-8(2)15-13-9(3)12(16-17-13)10-4-6-11(14)7-5-10/h4-8H,1-3H3,(H2,15,16,17). The van der Waals surface area contributed by atoms with Gasteiger partial charge in [-0.2, -0.15) is 5.10 Å². The predicted molar refractivity (Wildman–Crippen MR) is 67.5 cm³/mol. The van der Waals surface area contributed by atoms with Crippen LogP contribution in [0.1, 0.15) is 19.4 Å². The van der Waals surface area contributed by atoms with Gasteiger partial charge in [0, 0.05) is 17.2 Å². The number of hydrogen-bond acceptors (Lipinski definition) is 2. The number of benzene rings is 1. The molecule has 0 radical (unpaired) electrons. The van der Waals surface area contributed by atoms with Crippen molar-refractivity contribution in [3.05, 3.63) is 35.6 Å². The fourth-order valence-electron chi connectivity index (χ4n) is 1.71. The lowest BCUT2D eigenvalue weighted by Gasteiger charge is -2.07. The Morgan fingerprint density at radius 1 is 1.24 bits per heavy atom. The summed E-state index contributed by atoms with van der Waals surface area (Å²) in [6.07, 6.45) is 0. The molecule has 0 unspecified atom stereocenters. The number of nitrogens with zero attached hydrogens (tertiary/aromatic N) is 1. The van der Waals surface area contributed by atoms with Gasteiger partial charge in [0.2, 0.25) is 0 Å². The maximum absolute atomic E-state index is 12.8. The van der Waals surface area contributed by atoms with Crippen LogP contribution in [0.25, 0.3) is 11.3 Å². The van der Waals surface area contributed by atoms with Crippen LogP contribution in [0.2, 0.25) is 0 Å². The molecule has 4 heteroatoms. The van der Waals surface area contributed by atoms with Gasteiger partial charge in [0.25, 0.3) is 0 Å². The third-order valence-electron chi connectivity index (χ3n) is 2.57. The fraction of sp³-hybridized carbons (Fsp3) is 0.308. The van der Waals surface area contributed by atoms with Crippen molar-refractivity contribution in [2.24, 2.45) is 0 Å². The van der Waals surface area contributed by atoms with Gasteiger partial charge in [-0.05, 0) is 45.0 Å². The second-order valence-electron chi connectivity index (χ2n) is 4.38. The van der Waals surface area contributed by atoms with Crippen LogP contribution in [0.15, 0.2) is 24.3 Å². The lowest BCUT2D eigenvalue weighted by molar-refractivity contribution is 0.628. The summed E-state index contributed by atoms with van der Waals surface area (Å²) >= 11 is 0. The van der Waals surface area contributed by atoms with Crippen molar-refractivity contribution in [3.8, 4) is 11.3 Å². The molecule has 2 rings (SSSR count). The molecule has 0 saturated carbocycles. The van der Waals surface area contributed by atoms with Gasteiger partial charge in [0.05, 0.1) is 5.69 Å². The Morgan fingerprint density at radius 3 is 2.47 bits per heavy atom. The summed E-state index contributed by atoms with van der Waals surface area (Å²) in [6.45, 7) is 6.12.